The summed E-state index contributed by atoms with van der Waals surface area (Å²) in [7, 11) is 3.23. The van der Waals surface area contributed by atoms with Gasteiger partial charge in [0.05, 0.1) is 19.6 Å². The lowest BCUT2D eigenvalue weighted by atomic mass is 9.97. The lowest BCUT2D eigenvalue weighted by Crippen LogP contribution is -2.47. The lowest BCUT2D eigenvalue weighted by Gasteiger charge is -2.33. The number of nitrogens with zero attached hydrogens (tertiary/aromatic N) is 2. The van der Waals surface area contributed by atoms with Crippen molar-refractivity contribution >= 4 is 11.9 Å². The molecule has 0 spiro atoms. The molecule has 1 aliphatic heterocycles. The number of carbonyl (C=O) groups excluding carboxylic acids is 1. The summed E-state index contributed by atoms with van der Waals surface area (Å²) < 4.78 is 10.6. The number of carbonyl (C=O) groups is 1. The highest BCUT2D eigenvalue weighted by Crippen LogP contribution is 2.19. The van der Waals surface area contributed by atoms with Gasteiger partial charge in [-0.25, -0.2) is 0 Å². The van der Waals surface area contributed by atoms with Crippen LogP contribution < -0.4 is 10.1 Å². The van der Waals surface area contributed by atoms with Crippen LogP contribution in [0.1, 0.15) is 38.2 Å². The first-order valence-corrected chi connectivity index (χ1v) is 9.31. The molecule has 1 aliphatic rings. The quantitative estimate of drug-likeness (QED) is 0.365. The molecule has 0 unspecified atom stereocenters. The van der Waals surface area contributed by atoms with Crippen molar-refractivity contribution in [1.82, 2.24) is 10.2 Å². The van der Waals surface area contributed by atoms with Gasteiger partial charge in [0.15, 0.2) is 5.96 Å². The molecule has 0 radical (unpaired) electrons. The molecular weight excluding hydrogens is 330 g/mol. The van der Waals surface area contributed by atoms with Gasteiger partial charge in [-0.2, -0.15) is 0 Å². The van der Waals surface area contributed by atoms with Gasteiger partial charge in [0.2, 0.25) is 0 Å². The molecule has 2 rings (SSSR count). The molecule has 1 aromatic carbocycles. The van der Waals surface area contributed by atoms with Gasteiger partial charge in [-0.05, 0) is 36.5 Å². The van der Waals surface area contributed by atoms with Gasteiger partial charge < -0.3 is 19.7 Å². The van der Waals surface area contributed by atoms with Crippen molar-refractivity contribution in [2.24, 2.45) is 10.9 Å². The van der Waals surface area contributed by atoms with Crippen molar-refractivity contribution in [3.05, 3.63) is 29.8 Å². The second kappa shape index (κ2) is 10.0. The molecule has 6 nitrogen and oxygen atoms in total. The molecule has 0 aromatic heterocycles. The average Bonchev–Trinajstić information content (AvgIpc) is 2.68. The third-order valence-electron chi connectivity index (χ3n) is 4.74. The Bertz CT molecular complexity index is 591. The SMILES string of the molecule is CN=C(NCCOc1ccc(C(C)C)cc1)N1CCC(C(=O)OC)CC1. The molecule has 144 valence electrons. The van der Waals surface area contributed by atoms with Gasteiger partial charge in [-0.3, -0.25) is 9.79 Å². The molecule has 0 bridgehead atoms. The number of benzene rings is 1. The number of aliphatic imine (C=N–C) groups is 1. The Hall–Kier alpha value is -2.24. The first-order valence-electron chi connectivity index (χ1n) is 9.31. The minimum atomic E-state index is -0.107. The van der Waals surface area contributed by atoms with E-state index in [4.69, 9.17) is 9.47 Å². The molecule has 1 heterocycles. The summed E-state index contributed by atoms with van der Waals surface area (Å²) in [6, 6.07) is 8.25. The highest BCUT2D eigenvalue weighted by molar-refractivity contribution is 5.80. The van der Waals surface area contributed by atoms with Crippen LogP contribution in [0.25, 0.3) is 0 Å². The summed E-state index contributed by atoms with van der Waals surface area (Å²) in [6.45, 7) is 7.21. The molecule has 1 fully saturated rings. The maximum absolute atomic E-state index is 11.6. The highest BCUT2D eigenvalue weighted by Gasteiger charge is 2.26. The number of rotatable bonds is 6. The van der Waals surface area contributed by atoms with Crippen molar-refractivity contribution in [2.45, 2.75) is 32.6 Å². The van der Waals surface area contributed by atoms with Crippen molar-refractivity contribution in [3.8, 4) is 5.75 Å². The van der Waals surface area contributed by atoms with Crippen LogP contribution in [0.15, 0.2) is 29.3 Å². The van der Waals surface area contributed by atoms with Crippen LogP contribution in [-0.2, 0) is 9.53 Å². The Morgan fingerprint density at radius 1 is 1.27 bits per heavy atom. The van der Waals surface area contributed by atoms with Crippen LogP contribution >= 0.6 is 0 Å². The van der Waals surface area contributed by atoms with E-state index in [1.807, 2.05) is 12.1 Å². The maximum Gasteiger partial charge on any atom is 0.308 e. The summed E-state index contributed by atoms with van der Waals surface area (Å²) >= 11 is 0. The molecule has 1 N–H and O–H groups in total. The van der Waals surface area contributed by atoms with Gasteiger partial charge in [0.25, 0.3) is 0 Å². The molecule has 1 aromatic rings. The highest BCUT2D eigenvalue weighted by atomic mass is 16.5. The van der Waals surface area contributed by atoms with E-state index in [-0.39, 0.29) is 11.9 Å². The third kappa shape index (κ3) is 5.64. The maximum atomic E-state index is 11.6. The summed E-state index contributed by atoms with van der Waals surface area (Å²) in [5.74, 6) is 2.16. The van der Waals surface area contributed by atoms with Crippen LogP contribution in [0, 0.1) is 5.92 Å². The van der Waals surface area contributed by atoms with Gasteiger partial charge >= 0.3 is 5.97 Å². The fourth-order valence-corrected chi connectivity index (χ4v) is 3.11. The van der Waals surface area contributed by atoms with E-state index in [1.54, 1.807) is 7.05 Å². The number of methoxy groups -OCH3 is 1. The minimum Gasteiger partial charge on any atom is -0.492 e. The third-order valence-corrected chi connectivity index (χ3v) is 4.74. The normalized spacial score (nSPS) is 15.9. The Kier molecular flexibility index (Phi) is 7.75. The summed E-state index contributed by atoms with van der Waals surface area (Å²) in [6.07, 6.45) is 1.60. The predicted octanol–water partition coefficient (Wildman–Crippen LogP) is 2.65. The van der Waals surface area contributed by atoms with Crippen molar-refractivity contribution < 1.29 is 14.3 Å². The summed E-state index contributed by atoms with van der Waals surface area (Å²) in [5, 5.41) is 3.33. The molecular formula is C20H31N3O3. The van der Waals surface area contributed by atoms with Crippen LogP contribution in [0.4, 0.5) is 0 Å². The predicted molar refractivity (Wildman–Crippen MR) is 104 cm³/mol. The van der Waals surface area contributed by atoms with Crippen LogP contribution in [0.3, 0.4) is 0 Å². The fourth-order valence-electron chi connectivity index (χ4n) is 3.11. The standard InChI is InChI=1S/C20H31N3O3/c1-15(2)16-5-7-18(8-6-16)26-14-11-22-20(21-3)23-12-9-17(10-13-23)19(24)25-4/h5-8,15,17H,9-14H2,1-4H3,(H,21,22). The number of piperidine rings is 1. The Morgan fingerprint density at radius 2 is 1.92 bits per heavy atom. The lowest BCUT2D eigenvalue weighted by molar-refractivity contribution is -0.146. The molecule has 0 atom stereocenters. The van der Waals surface area contributed by atoms with Gasteiger partial charge in [-0.1, -0.05) is 26.0 Å². The average molecular weight is 361 g/mol. The van der Waals surface area contributed by atoms with E-state index in [0.29, 0.717) is 19.1 Å². The van der Waals surface area contributed by atoms with Crippen LogP contribution in [-0.4, -0.2) is 57.2 Å². The van der Waals surface area contributed by atoms with E-state index in [9.17, 15) is 4.79 Å². The molecule has 0 aliphatic carbocycles. The van der Waals surface area contributed by atoms with Gasteiger partial charge in [0.1, 0.15) is 12.4 Å². The minimum absolute atomic E-state index is 0.00602. The first kappa shape index (κ1) is 20.1. The number of esters is 1. The summed E-state index contributed by atoms with van der Waals surface area (Å²) in [5.41, 5.74) is 1.31. The first-order chi connectivity index (χ1) is 12.5. The second-order valence-electron chi connectivity index (χ2n) is 6.83. The molecule has 26 heavy (non-hydrogen) atoms. The van der Waals surface area contributed by atoms with Gasteiger partial charge in [0, 0.05) is 20.1 Å². The smallest absolute Gasteiger partial charge is 0.308 e. The van der Waals surface area contributed by atoms with E-state index >= 15 is 0 Å². The zero-order valence-electron chi connectivity index (χ0n) is 16.3. The Balaban J connectivity index is 1.71. The van der Waals surface area contributed by atoms with Crippen LogP contribution in [0.5, 0.6) is 5.75 Å². The van der Waals surface area contributed by atoms with E-state index in [0.717, 1.165) is 37.6 Å². The van der Waals surface area contributed by atoms with Gasteiger partial charge in [-0.15, -0.1) is 0 Å². The zero-order chi connectivity index (χ0) is 18.9. The Labute approximate surface area is 156 Å². The number of likely N-dealkylation sites (tertiary alicyclic amines) is 1. The monoisotopic (exact) mass is 361 g/mol. The van der Waals surface area contributed by atoms with E-state index in [1.165, 1.54) is 12.7 Å². The summed E-state index contributed by atoms with van der Waals surface area (Å²) in [4.78, 5) is 18.1. The number of hydrogen-bond acceptors (Lipinski definition) is 4. The van der Waals surface area contributed by atoms with E-state index in [2.05, 4.69) is 41.2 Å². The molecule has 0 saturated carbocycles. The topological polar surface area (TPSA) is 63.2 Å². The number of nitrogens with one attached hydrogen (secondary N) is 1. The van der Waals surface area contributed by atoms with Crippen molar-refractivity contribution in [1.29, 1.82) is 0 Å². The molecule has 1 saturated heterocycles. The molecule has 6 heteroatoms. The van der Waals surface area contributed by atoms with Crippen molar-refractivity contribution in [2.75, 3.05) is 40.4 Å². The zero-order valence-corrected chi connectivity index (χ0v) is 16.3. The number of guanidine groups is 1. The fraction of sp³-hybridized carbons (Fsp3) is 0.600. The number of ether oxygens (including phenoxy) is 2. The largest absolute Gasteiger partial charge is 0.492 e. The second-order valence-corrected chi connectivity index (χ2v) is 6.83. The van der Waals surface area contributed by atoms with Crippen molar-refractivity contribution in [3.63, 3.8) is 0 Å². The molecule has 0 amide bonds. The number of hydrogen-bond donors (Lipinski definition) is 1. The Morgan fingerprint density at radius 3 is 2.46 bits per heavy atom. The van der Waals surface area contributed by atoms with Crippen LogP contribution in [0.2, 0.25) is 0 Å². The van der Waals surface area contributed by atoms with E-state index < -0.39 is 0 Å².